The molecule has 0 aromatic rings. The fourth-order valence-electron chi connectivity index (χ4n) is 3.34. The Kier molecular flexibility index (Phi) is 1.56. The van der Waals surface area contributed by atoms with E-state index in [1.165, 1.54) is 0 Å². The van der Waals surface area contributed by atoms with Crippen molar-refractivity contribution in [1.82, 2.24) is 4.90 Å². The first-order valence-electron chi connectivity index (χ1n) is 5.20. The summed E-state index contributed by atoms with van der Waals surface area (Å²) in [4.78, 5) is 13.8. The van der Waals surface area contributed by atoms with E-state index in [9.17, 15) is 9.90 Å². The number of carbonyl (C=O) groups is 1. The average molecular weight is 181 g/mol. The fourth-order valence-corrected chi connectivity index (χ4v) is 3.34. The number of piperidine rings is 4. The molecule has 3 nitrogen and oxygen atoms in total. The van der Waals surface area contributed by atoms with Crippen molar-refractivity contribution in [2.24, 2.45) is 5.92 Å². The minimum atomic E-state index is -0.111. The molecule has 0 amide bonds. The Balaban J connectivity index is 1.87. The maximum absolute atomic E-state index is 11.5. The zero-order valence-electron chi connectivity index (χ0n) is 7.65. The van der Waals surface area contributed by atoms with Crippen LogP contribution in [0.3, 0.4) is 0 Å². The Morgan fingerprint density at radius 2 is 1.77 bits per heavy atom. The van der Waals surface area contributed by atoms with E-state index in [4.69, 9.17) is 0 Å². The SMILES string of the molecule is O=C1CN2C3CC(O)C[C@@H]2CC1C3. The Labute approximate surface area is 77.7 Å². The number of ketones is 1. The molecule has 4 aliphatic heterocycles. The standard InChI is InChI=1S/C10H15NO2/c12-9-3-7-1-6-2-8(4-9)11(7)5-10(6)13/h6-9,12H,1-5H2/t6?,7-,8?,9?/m0/s1. The molecule has 4 rings (SSSR count). The zero-order valence-corrected chi connectivity index (χ0v) is 7.65. The lowest BCUT2D eigenvalue weighted by Crippen LogP contribution is -2.62. The van der Waals surface area contributed by atoms with Gasteiger partial charge in [0.05, 0.1) is 12.6 Å². The zero-order chi connectivity index (χ0) is 9.00. The van der Waals surface area contributed by atoms with Crippen LogP contribution in [0.25, 0.3) is 0 Å². The highest BCUT2D eigenvalue weighted by Crippen LogP contribution is 2.41. The van der Waals surface area contributed by atoms with Crippen molar-refractivity contribution >= 4 is 5.78 Å². The van der Waals surface area contributed by atoms with Gasteiger partial charge in [0.1, 0.15) is 5.78 Å². The van der Waals surface area contributed by atoms with Gasteiger partial charge in [-0.2, -0.15) is 0 Å². The van der Waals surface area contributed by atoms with Crippen LogP contribution in [-0.4, -0.2) is 40.5 Å². The largest absolute Gasteiger partial charge is 0.393 e. The number of hydrogen-bond acceptors (Lipinski definition) is 3. The predicted molar refractivity (Wildman–Crippen MR) is 47.3 cm³/mol. The number of carbonyl (C=O) groups excluding carboxylic acids is 1. The van der Waals surface area contributed by atoms with Crippen LogP contribution in [0.4, 0.5) is 0 Å². The van der Waals surface area contributed by atoms with Crippen LogP contribution in [0.5, 0.6) is 0 Å². The Morgan fingerprint density at radius 3 is 2.31 bits per heavy atom. The van der Waals surface area contributed by atoms with Gasteiger partial charge in [-0.1, -0.05) is 0 Å². The number of aliphatic hydroxyl groups excluding tert-OH is 1. The molecule has 0 spiro atoms. The first-order valence-corrected chi connectivity index (χ1v) is 5.20. The van der Waals surface area contributed by atoms with Crippen LogP contribution in [-0.2, 0) is 4.79 Å². The lowest BCUT2D eigenvalue weighted by atomic mass is 9.72. The highest BCUT2D eigenvalue weighted by atomic mass is 16.3. The lowest BCUT2D eigenvalue weighted by Gasteiger charge is -2.53. The third-order valence-corrected chi connectivity index (χ3v) is 3.93. The Morgan fingerprint density at radius 1 is 1.15 bits per heavy atom. The molecule has 0 saturated carbocycles. The number of fused-ring (bicyclic) bond motifs is 1. The van der Waals surface area contributed by atoms with Gasteiger partial charge in [0.25, 0.3) is 0 Å². The molecule has 4 heterocycles. The molecule has 4 saturated heterocycles. The second-order valence-corrected chi connectivity index (χ2v) is 4.74. The van der Waals surface area contributed by atoms with E-state index in [0.717, 1.165) is 25.7 Å². The van der Waals surface area contributed by atoms with E-state index >= 15 is 0 Å². The highest BCUT2D eigenvalue weighted by Gasteiger charge is 2.48. The summed E-state index contributed by atoms with van der Waals surface area (Å²) >= 11 is 0. The number of aliphatic hydroxyl groups is 1. The van der Waals surface area contributed by atoms with Crippen molar-refractivity contribution in [1.29, 1.82) is 0 Å². The van der Waals surface area contributed by atoms with Crippen LogP contribution in [0.15, 0.2) is 0 Å². The van der Waals surface area contributed by atoms with Gasteiger partial charge >= 0.3 is 0 Å². The third-order valence-electron chi connectivity index (χ3n) is 3.93. The molecule has 0 aliphatic carbocycles. The lowest BCUT2D eigenvalue weighted by molar-refractivity contribution is -0.144. The molecule has 4 fully saturated rings. The summed E-state index contributed by atoms with van der Waals surface area (Å²) in [5.74, 6) is 0.761. The van der Waals surface area contributed by atoms with Crippen LogP contribution >= 0.6 is 0 Å². The number of nitrogens with zero attached hydrogens (tertiary/aromatic N) is 1. The van der Waals surface area contributed by atoms with Crippen molar-refractivity contribution in [3.63, 3.8) is 0 Å². The van der Waals surface area contributed by atoms with Crippen LogP contribution in [0.1, 0.15) is 25.7 Å². The van der Waals surface area contributed by atoms with Gasteiger partial charge in [-0.05, 0) is 25.7 Å². The van der Waals surface area contributed by atoms with Crippen LogP contribution in [0.2, 0.25) is 0 Å². The summed E-state index contributed by atoms with van der Waals surface area (Å²) in [5.41, 5.74) is 0. The van der Waals surface area contributed by atoms with Crippen molar-refractivity contribution in [2.45, 2.75) is 43.9 Å². The molecule has 0 radical (unpaired) electrons. The normalized spacial score (nSPS) is 53.9. The molecule has 3 heteroatoms. The molecule has 0 aromatic carbocycles. The fraction of sp³-hybridized carbons (Fsp3) is 0.900. The van der Waals surface area contributed by atoms with E-state index in [2.05, 4.69) is 4.90 Å². The van der Waals surface area contributed by atoms with Crippen LogP contribution in [0, 0.1) is 5.92 Å². The quantitative estimate of drug-likeness (QED) is 0.579. The second kappa shape index (κ2) is 2.55. The molecule has 4 unspecified atom stereocenters. The second-order valence-electron chi connectivity index (χ2n) is 4.74. The van der Waals surface area contributed by atoms with Crippen LogP contribution < -0.4 is 0 Å². The van der Waals surface area contributed by atoms with Gasteiger partial charge in [-0.15, -0.1) is 0 Å². The van der Waals surface area contributed by atoms with E-state index in [1.54, 1.807) is 0 Å². The summed E-state index contributed by atoms with van der Waals surface area (Å²) in [6, 6.07) is 1.01. The van der Waals surface area contributed by atoms with E-state index in [0.29, 0.717) is 30.3 Å². The minimum Gasteiger partial charge on any atom is -0.393 e. The van der Waals surface area contributed by atoms with E-state index < -0.39 is 0 Å². The summed E-state index contributed by atoms with van der Waals surface area (Å²) in [5, 5.41) is 9.60. The van der Waals surface area contributed by atoms with Crippen molar-refractivity contribution in [2.75, 3.05) is 6.54 Å². The van der Waals surface area contributed by atoms with Crippen molar-refractivity contribution in [3.8, 4) is 0 Å². The monoisotopic (exact) mass is 181 g/mol. The Bertz CT molecular complexity index is 237. The summed E-state index contributed by atoms with van der Waals surface area (Å²) in [6.45, 7) is 0.659. The van der Waals surface area contributed by atoms with E-state index in [1.807, 2.05) is 0 Å². The molecule has 72 valence electrons. The molecule has 1 N–H and O–H groups in total. The maximum Gasteiger partial charge on any atom is 0.150 e. The molecular weight excluding hydrogens is 166 g/mol. The number of hydrogen-bond donors (Lipinski definition) is 1. The van der Waals surface area contributed by atoms with Gasteiger partial charge in [0.2, 0.25) is 0 Å². The van der Waals surface area contributed by atoms with Gasteiger partial charge in [0, 0.05) is 18.0 Å². The van der Waals surface area contributed by atoms with Gasteiger partial charge in [0.15, 0.2) is 0 Å². The number of rotatable bonds is 0. The summed E-state index contributed by atoms with van der Waals surface area (Å²) < 4.78 is 0. The average Bonchev–Trinajstić information content (AvgIpc) is 2.04. The molecule has 4 aliphatic rings. The minimum absolute atomic E-state index is 0.111. The van der Waals surface area contributed by atoms with Gasteiger partial charge in [-0.25, -0.2) is 0 Å². The highest BCUT2D eigenvalue weighted by molar-refractivity contribution is 5.84. The molecule has 13 heavy (non-hydrogen) atoms. The topological polar surface area (TPSA) is 40.5 Å². The van der Waals surface area contributed by atoms with Gasteiger partial charge < -0.3 is 5.11 Å². The summed E-state index contributed by atoms with van der Waals surface area (Å²) in [7, 11) is 0. The molecule has 5 atom stereocenters. The predicted octanol–water partition coefficient (Wildman–Crippen LogP) is 0.173. The van der Waals surface area contributed by atoms with Crippen molar-refractivity contribution < 1.29 is 9.90 Å². The van der Waals surface area contributed by atoms with Crippen molar-refractivity contribution in [3.05, 3.63) is 0 Å². The number of Topliss-reactive ketones (excluding diaryl/α,β-unsaturated/α-hetero) is 1. The third kappa shape index (κ3) is 1.07. The van der Waals surface area contributed by atoms with Gasteiger partial charge in [-0.3, -0.25) is 9.69 Å². The van der Waals surface area contributed by atoms with E-state index in [-0.39, 0.29) is 6.10 Å². The smallest absolute Gasteiger partial charge is 0.150 e. The Hall–Kier alpha value is -0.410. The molecule has 4 bridgehead atoms. The first-order chi connectivity index (χ1) is 6.24. The summed E-state index contributed by atoms with van der Waals surface area (Å²) in [6.07, 6.45) is 3.68. The molecular formula is C10H15NO2. The maximum atomic E-state index is 11.5. The first kappa shape index (κ1) is 7.94. The molecule has 0 aromatic heterocycles.